The number of benzene rings is 1. The molecule has 0 radical (unpaired) electrons. The van der Waals surface area contributed by atoms with Crippen molar-refractivity contribution >= 4 is 28.5 Å². The summed E-state index contributed by atoms with van der Waals surface area (Å²) >= 11 is 0. The van der Waals surface area contributed by atoms with Crippen molar-refractivity contribution in [2.24, 2.45) is 5.10 Å². The molecule has 7 nitrogen and oxygen atoms in total. The van der Waals surface area contributed by atoms with Crippen molar-refractivity contribution in [1.82, 2.24) is 9.97 Å². The van der Waals surface area contributed by atoms with Gasteiger partial charge < -0.3 is 10.1 Å². The number of aryl methyl sites for hydroxylation is 2. The Hall–Kier alpha value is -3.44. The number of rotatable bonds is 4. The number of hydrazone groups is 1. The van der Waals surface area contributed by atoms with Gasteiger partial charge in [0.05, 0.1) is 6.20 Å². The maximum Gasteiger partial charge on any atom is 0.244 e. The van der Waals surface area contributed by atoms with Crippen LogP contribution in [0.5, 0.6) is 5.75 Å². The third-order valence-corrected chi connectivity index (χ3v) is 5.93. The number of ether oxygens (including phenoxy) is 1. The summed E-state index contributed by atoms with van der Waals surface area (Å²) in [6.45, 7) is 15.8. The van der Waals surface area contributed by atoms with E-state index in [0.717, 1.165) is 27.3 Å². The van der Waals surface area contributed by atoms with Crippen molar-refractivity contribution in [2.75, 3.05) is 23.6 Å². The van der Waals surface area contributed by atoms with Crippen LogP contribution in [0.3, 0.4) is 0 Å². The van der Waals surface area contributed by atoms with Gasteiger partial charge in [0.2, 0.25) is 11.8 Å². The van der Waals surface area contributed by atoms with E-state index in [1.54, 1.807) is 17.5 Å². The second-order valence-electron chi connectivity index (χ2n) is 7.13. The van der Waals surface area contributed by atoms with E-state index in [1.807, 2.05) is 92.8 Å². The highest BCUT2D eigenvalue weighted by atomic mass is 32.2. The Kier molecular flexibility index (Phi) is 14.6. The Bertz CT molecular complexity index is 1080. The molecule has 190 valence electrons. The highest BCUT2D eigenvalue weighted by Crippen LogP contribution is 2.31. The van der Waals surface area contributed by atoms with Gasteiger partial charge in [-0.15, -0.1) is 17.9 Å². The molecule has 1 aromatic heterocycles. The van der Waals surface area contributed by atoms with Crippen LogP contribution in [-0.2, 0) is 10.8 Å². The monoisotopic (exact) mass is 497 g/mol. The normalized spacial score (nSPS) is 13.1. The minimum Gasteiger partial charge on any atom is -0.431 e. The molecule has 1 aliphatic heterocycles. The van der Waals surface area contributed by atoms with Gasteiger partial charge in [0.25, 0.3) is 0 Å². The first-order valence-electron chi connectivity index (χ1n) is 11.3. The zero-order valence-corrected chi connectivity index (χ0v) is 23.4. The molecular formula is C27H39N5O2S. The molecule has 2 heterocycles. The summed E-state index contributed by atoms with van der Waals surface area (Å²) < 4.78 is 16.4. The molecule has 35 heavy (non-hydrogen) atoms. The summed E-state index contributed by atoms with van der Waals surface area (Å²) in [6.07, 6.45) is 15.2. The highest BCUT2D eigenvalue weighted by molar-refractivity contribution is 7.88. The number of hydrogen-bond donors (Lipinski definition) is 1. The average Bonchev–Trinajstić information content (AvgIpc) is 2.86. The SMILES string of the molecule is C#C.C/C=C(\C)Nc1ncc2c(n1)N(C)N=C(c1c(C)cccc1C)O2.C/C=C(\C)S(C)=O.CC. The summed E-state index contributed by atoms with van der Waals surface area (Å²) in [5.41, 5.74) is 4.22. The third-order valence-electron chi connectivity index (χ3n) is 4.79. The fourth-order valence-electron chi connectivity index (χ4n) is 2.70. The molecule has 3 rings (SSSR count). The predicted octanol–water partition coefficient (Wildman–Crippen LogP) is 6.18. The van der Waals surface area contributed by atoms with Gasteiger partial charge >= 0.3 is 0 Å². The Morgan fingerprint density at radius 3 is 2.14 bits per heavy atom. The van der Waals surface area contributed by atoms with Crippen molar-refractivity contribution < 1.29 is 8.95 Å². The summed E-state index contributed by atoms with van der Waals surface area (Å²) in [5, 5.41) is 9.40. The van der Waals surface area contributed by atoms with Crippen molar-refractivity contribution in [3.05, 3.63) is 63.8 Å². The van der Waals surface area contributed by atoms with Crippen LogP contribution in [-0.4, -0.2) is 33.4 Å². The number of fused-ring (bicyclic) bond motifs is 1. The van der Waals surface area contributed by atoms with E-state index in [0.29, 0.717) is 23.4 Å². The van der Waals surface area contributed by atoms with E-state index in [4.69, 9.17) is 4.74 Å². The lowest BCUT2D eigenvalue weighted by atomic mass is 10.0. The van der Waals surface area contributed by atoms with Crippen LogP contribution in [0.25, 0.3) is 0 Å². The summed E-state index contributed by atoms with van der Waals surface area (Å²) in [4.78, 5) is 9.75. The van der Waals surface area contributed by atoms with Crippen LogP contribution < -0.4 is 15.1 Å². The summed E-state index contributed by atoms with van der Waals surface area (Å²) in [7, 11) is 1.11. The van der Waals surface area contributed by atoms with E-state index < -0.39 is 10.8 Å². The Morgan fingerprint density at radius 1 is 1.11 bits per heavy atom. The number of anilines is 2. The first-order chi connectivity index (χ1) is 16.7. The molecule has 1 aliphatic rings. The Balaban J connectivity index is 0.000000897. The highest BCUT2D eigenvalue weighted by Gasteiger charge is 2.24. The molecule has 1 N–H and O–H groups in total. The fraction of sp³-hybridized carbons (Fsp3) is 0.370. The lowest BCUT2D eigenvalue weighted by Gasteiger charge is -2.24. The van der Waals surface area contributed by atoms with Crippen molar-refractivity contribution in [3.63, 3.8) is 0 Å². The maximum atomic E-state index is 10.4. The second-order valence-corrected chi connectivity index (χ2v) is 8.68. The van der Waals surface area contributed by atoms with Crippen molar-refractivity contribution in [2.45, 2.75) is 55.4 Å². The van der Waals surface area contributed by atoms with Crippen LogP contribution in [0.2, 0.25) is 0 Å². The first-order valence-corrected chi connectivity index (χ1v) is 12.9. The number of hydrogen-bond acceptors (Lipinski definition) is 7. The van der Waals surface area contributed by atoms with Gasteiger partial charge in [-0.05, 0) is 52.7 Å². The van der Waals surface area contributed by atoms with E-state index in [1.165, 1.54) is 0 Å². The molecule has 0 fully saturated rings. The molecule has 0 spiro atoms. The quantitative estimate of drug-likeness (QED) is 0.508. The molecule has 0 bridgehead atoms. The van der Waals surface area contributed by atoms with Crippen LogP contribution in [0, 0.1) is 26.7 Å². The number of aromatic nitrogens is 2. The predicted molar refractivity (Wildman–Crippen MR) is 151 cm³/mol. The van der Waals surface area contributed by atoms with Gasteiger partial charge in [-0.2, -0.15) is 4.98 Å². The zero-order chi connectivity index (χ0) is 27.1. The fourth-order valence-corrected chi connectivity index (χ4v) is 3.03. The largest absolute Gasteiger partial charge is 0.431 e. The van der Waals surface area contributed by atoms with E-state index in [9.17, 15) is 4.21 Å². The lowest BCUT2D eigenvalue weighted by molar-refractivity contribution is 0.524. The van der Waals surface area contributed by atoms with Crippen LogP contribution in [0.15, 0.2) is 52.3 Å². The van der Waals surface area contributed by atoms with Crippen LogP contribution >= 0.6 is 0 Å². The molecule has 0 saturated carbocycles. The molecule has 0 aliphatic carbocycles. The van der Waals surface area contributed by atoms with E-state index in [-0.39, 0.29) is 0 Å². The summed E-state index contributed by atoms with van der Waals surface area (Å²) in [5.74, 6) is 2.31. The standard InChI is InChI=1S/C18H21N5O.C5H10OS.C2H6.C2H2/c1-6-13(4)20-18-19-10-14-16(21-18)23(5)22-17(24-14)15-11(2)8-7-9-12(15)3;1-4-5(2)7(3)6;2*1-2/h6-10H,1-5H3,(H,19,20,21);4H,1-3H3;1-2H3;1-2H/b13-6+;5-4+;;. The van der Waals surface area contributed by atoms with Crippen LogP contribution in [0.1, 0.15) is 58.2 Å². The molecule has 8 heteroatoms. The van der Waals surface area contributed by atoms with Gasteiger partial charge in [0, 0.05) is 40.3 Å². The number of terminal acetylenes is 1. The molecule has 2 aromatic rings. The van der Waals surface area contributed by atoms with Gasteiger partial charge in [-0.3, -0.25) is 4.21 Å². The van der Waals surface area contributed by atoms with Crippen molar-refractivity contribution in [3.8, 4) is 18.6 Å². The minimum absolute atomic E-state index is 0.519. The summed E-state index contributed by atoms with van der Waals surface area (Å²) in [6, 6.07) is 6.13. The smallest absolute Gasteiger partial charge is 0.244 e. The maximum absolute atomic E-state index is 10.4. The average molecular weight is 498 g/mol. The topological polar surface area (TPSA) is 79.7 Å². The number of allylic oxidation sites excluding steroid dienone is 4. The Labute approximate surface area is 213 Å². The van der Waals surface area contributed by atoms with E-state index >= 15 is 0 Å². The Morgan fingerprint density at radius 2 is 1.69 bits per heavy atom. The lowest BCUT2D eigenvalue weighted by Crippen LogP contribution is -2.27. The number of nitrogens with one attached hydrogen (secondary N) is 1. The molecular weight excluding hydrogens is 458 g/mol. The molecule has 1 aromatic carbocycles. The van der Waals surface area contributed by atoms with Gasteiger partial charge in [0.1, 0.15) is 0 Å². The van der Waals surface area contributed by atoms with E-state index in [2.05, 4.69) is 33.2 Å². The van der Waals surface area contributed by atoms with Gasteiger partial charge in [-0.25, -0.2) is 9.99 Å². The molecule has 0 amide bonds. The van der Waals surface area contributed by atoms with Crippen LogP contribution in [0.4, 0.5) is 11.8 Å². The number of nitrogens with zero attached hydrogens (tertiary/aromatic N) is 4. The van der Waals surface area contributed by atoms with Gasteiger partial charge in [-0.1, -0.05) is 44.2 Å². The second kappa shape index (κ2) is 16.2. The third kappa shape index (κ3) is 9.38. The van der Waals surface area contributed by atoms with Crippen molar-refractivity contribution in [1.29, 1.82) is 0 Å². The van der Waals surface area contributed by atoms with Gasteiger partial charge in [0.15, 0.2) is 11.6 Å². The minimum atomic E-state index is -0.749. The molecule has 0 saturated heterocycles. The zero-order valence-electron chi connectivity index (χ0n) is 22.6. The molecule has 1 atom stereocenters. The molecule has 1 unspecified atom stereocenters. The first kappa shape index (κ1) is 31.6.